The van der Waals surface area contributed by atoms with E-state index in [1.54, 1.807) is 19.2 Å². The first-order chi connectivity index (χ1) is 10.5. The minimum Gasteiger partial charge on any atom is -0.333 e. The maximum atomic E-state index is 12.1. The van der Waals surface area contributed by atoms with Crippen molar-refractivity contribution in [1.82, 2.24) is 19.1 Å². The molecule has 0 bridgehead atoms. The van der Waals surface area contributed by atoms with E-state index in [0.717, 1.165) is 10.1 Å². The number of rotatable bonds is 2. The van der Waals surface area contributed by atoms with Crippen molar-refractivity contribution in [2.75, 3.05) is 0 Å². The van der Waals surface area contributed by atoms with E-state index in [1.165, 1.54) is 11.6 Å². The summed E-state index contributed by atoms with van der Waals surface area (Å²) in [5.41, 5.74) is 0.742. The van der Waals surface area contributed by atoms with Crippen molar-refractivity contribution in [2.45, 2.75) is 0 Å². The van der Waals surface area contributed by atoms with E-state index in [9.17, 15) is 9.59 Å². The average molecular weight is 317 g/mol. The molecular formula is C15H13ClN4O2. The van der Waals surface area contributed by atoms with Gasteiger partial charge in [-0.1, -0.05) is 29.8 Å². The van der Waals surface area contributed by atoms with Gasteiger partial charge in [-0.25, -0.2) is 9.78 Å². The lowest BCUT2D eigenvalue weighted by molar-refractivity contribution is 0.709. The van der Waals surface area contributed by atoms with Crippen LogP contribution in [-0.2, 0) is 14.1 Å². The third kappa shape index (κ3) is 2.37. The number of H-pyrrole nitrogens is 1. The number of nitrogens with zero attached hydrogens (tertiary/aromatic N) is 3. The van der Waals surface area contributed by atoms with Crippen LogP contribution in [0.4, 0.5) is 0 Å². The first-order valence-corrected chi connectivity index (χ1v) is 6.94. The number of fused-ring (bicyclic) bond motifs is 1. The van der Waals surface area contributed by atoms with Crippen LogP contribution in [0.1, 0.15) is 11.4 Å². The fourth-order valence-electron chi connectivity index (χ4n) is 2.21. The summed E-state index contributed by atoms with van der Waals surface area (Å²) in [5.74, 6) is 0.494. The molecule has 22 heavy (non-hydrogen) atoms. The summed E-state index contributed by atoms with van der Waals surface area (Å²) in [5, 5.41) is 0.642. The molecule has 0 fully saturated rings. The van der Waals surface area contributed by atoms with Gasteiger partial charge in [0.2, 0.25) is 0 Å². The van der Waals surface area contributed by atoms with Gasteiger partial charge in [-0.05, 0) is 23.8 Å². The highest BCUT2D eigenvalue weighted by molar-refractivity contribution is 6.30. The zero-order valence-electron chi connectivity index (χ0n) is 12.0. The number of hydrogen-bond donors (Lipinski definition) is 1. The molecule has 0 saturated heterocycles. The van der Waals surface area contributed by atoms with Crippen LogP contribution in [0.2, 0.25) is 5.02 Å². The fourth-order valence-corrected chi connectivity index (χ4v) is 2.41. The molecule has 0 unspecified atom stereocenters. The molecular weight excluding hydrogens is 304 g/mol. The molecule has 112 valence electrons. The number of hydrogen-bond acceptors (Lipinski definition) is 3. The van der Waals surface area contributed by atoms with Crippen LogP contribution in [0.5, 0.6) is 0 Å². The summed E-state index contributed by atoms with van der Waals surface area (Å²) in [6, 6.07) is 7.36. The second-order valence-corrected chi connectivity index (χ2v) is 5.35. The van der Waals surface area contributed by atoms with E-state index in [0.29, 0.717) is 22.0 Å². The Bertz CT molecular complexity index is 1010. The predicted octanol–water partition coefficient (Wildman–Crippen LogP) is 1.78. The van der Waals surface area contributed by atoms with Crippen molar-refractivity contribution >= 4 is 34.9 Å². The zero-order valence-corrected chi connectivity index (χ0v) is 12.8. The van der Waals surface area contributed by atoms with Crippen molar-refractivity contribution < 1.29 is 0 Å². The molecule has 0 aliphatic heterocycles. The maximum absolute atomic E-state index is 12.1. The Morgan fingerprint density at radius 3 is 2.68 bits per heavy atom. The number of aryl methyl sites for hydroxylation is 1. The highest BCUT2D eigenvalue weighted by atomic mass is 35.5. The van der Waals surface area contributed by atoms with Crippen molar-refractivity contribution in [3.05, 3.63) is 61.5 Å². The van der Waals surface area contributed by atoms with Crippen LogP contribution in [-0.4, -0.2) is 19.1 Å². The summed E-state index contributed by atoms with van der Waals surface area (Å²) < 4.78 is 2.38. The summed E-state index contributed by atoms with van der Waals surface area (Å²) in [6.45, 7) is 0. The molecule has 7 heteroatoms. The second kappa shape index (κ2) is 5.31. The molecule has 0 spiro atoms. The lowest BCUT2D eigenvalue weighted by Gasteiger charge is -2.00. The molecule has 2 heterocycles. The van der Waals surface area contributed by atoms with Crippen LogP contribution in [0, 0.1) is 0 Å². The minimum absolute atomic E-state index is 0.301. The van der Waals surface area contributed by atoms with Crippen LogP contribution in [0.15, 0.2) is 33.9 Å². The van der Waals surface area contributed by atoms with E-state index >= 15 is 0 Å². The Morgan fingerprint density at radius 2 is 1.95 bits per heavy atom. The van der Waals surface area contributed by atoms with Gasteiger partial charge in [0.05, 0.1) is 0 Å². The highest BCUT2D eigenvalue weighted by Crippen LogP contribution is 2.13. The number of imidazole rings is 1. The van der Waals surface area contributed by atoms with Crippen molar-refractivity contribution in [1.29, 1.82) is 0 Å². The molecule has 0 aliphatic rings. The van der Waals surface area contributed by atoms with E-state index in [1.807, 2.05) is 24.3 Å². The monoisotopic (exact) mass is 316 g/mol. The zero-order chi connectivity index (χ0) is 15.9. The maximum Gasteiger partial charge on any atom is 0.332 e. The Labute approximate surface area is 130 Å². The number of nitrogens with one attached hydrogen (secondary N) is 1. The fraction of sp³-hybridized carbons (Fsp3) is 0.133. The van der Waals surface area contributed by atoms with Gasteiger partial charge >= 0.3 is 5.69 Å². The summed E-state index contributed by atoms with van der Waals surface area (Å²) in [6.07, 6.45) is 3.56. The predicted molar refractivity (Wildman–Crippen MR) is 87.0 cm³/mol. The second-order valence-electron chi connectivity index (χ2n) is 4.91. The molecule has 0 aliphatic carbocycles. The Kier molecular flexibility index (Phi) is 3.46. The van der Waals surface area contributed by atoms with Gasteiger partial charge in [0, 0.05) is 19.1 Å². The molecule has 1 aromatic carbocycles. The van der Waals surface area contributed by atoms with Gasteiger partial charge in [-0.2, -0.15) is 0 Å². The minimum atomic E-state index is -0.408. The smallest absolute Gasteiger partial charge is 0.332 e. The average Bonchev–Trinajstić information content (AvgIpc) is 2.93. The quantitative estimate of drug-likeness (QED) is 0.783. The number of halogens is 1. The summed E-state index contributed by atoms with van der Waals surface area (Å²) in [7, 11) is 3.02. The van der Waals surface area contributed by atoms with Crippen LogP contribution in [0.25, 0.3) is 23.3 Å². The van der Waals surface area contributed by atoms with Crippen LogP contribution in [0.3, 0.4) is 0 Å². The number of benzene rings is 1. The molecule has 0 saturated carbocycles. The Hall–Kier alpha value is -2.60. The molecule has 1 N–H and O–H groups in total. The largest absolute Gasteiger partial charge is 0.333 e. The molecule has 3 aromatic rings. The first kappa shape index (κ1) is 14.3. The summed E-state index contributed by atoms with van der Waals surface area (Å²) in [4.78, 5) is 31.2. The highest BCUT2D eigenvalue weighted by Gasteiger charge is 2.12. The third-order valence-electron chi connectivity index (χ3n) is 3.40. The third-order valence-corrected chi connectivity index (χ3v) is 3.63. The number of aromatic amines is 1. The Morgan fingerprint density at radius 1 is 1.18 bits per heavy atom. The Balaban J connectivity index is 2.10. The van der Waals surface area contributed by atoms with Gasteiger partial charge < -0.3 is 4.98 Å². The number of aromatic nitrogens is 4. The lowest BCUT2D eigenvalue weighted by atomic mass is 10.2. The van der Waals surface area contributed by atoms with Gasteiger partial charge in [-0.3, -0.25) is 13.9 Å². The molecule has 0 amide bonds. The van der Waals surface area contributed by atoms with E-state index in [2.05, 4.69) is 9.97 Å². The summed E-state index contributed by atoms with van der Waals surface area (Å²) >= 11 is 5.93. The first-order valence-electron chi connectivity index (χ1n) is 6.57. The topological polar surface area (TPSA) is 72.7 Å². The standard InChI is InChI=1S/C15H13ClN4O2/c1-19-13-12(14(21)20(2)15(19)22)17-11(18-13)7-6-9-4-3-5-10(16)8-9/h3-8H,1-2H3,(H,17,18)/b7-6+. The van der Waals surface area contributed by atoms with E-state index < -0.39 is 11.2 Å². The van der Waals surface area contributed by atoms with E-state index in [4.69, 9.17) is 11.6 Å². The lowest BCUT2D eigenvalue weighted by Crippen LogP contribution is -2.36. The van der Waals surface area contributed by atoms with Gasteiger partial charge in [0.25, 0.3) is 5.56 Å². The molecule has 6 nitrogen and oxygen atoms in total. The molecule has 3 rings (SSSR count). The molecule has 0 atom stereocenters. The normalized spacial score (nSPS) is 11.6. The molecule has 0 radical (unpaired) electrons. The van der Waals surface area contributed by atoms with Crippen LogP contribution >= 0.6 is 11.6 Å². The van der Waals surface area contributed by atoms with Gasteiger partial charge in [0.15, 0.2) is 5.65 Å². The van der Waals surface area contributed by atoms with Crippen molar-refractivity contribution in [3.63, 3.8) is 0 Å². The SMILES string of the molecule is Cn1c(=O)c2[nH]c(/C=C/c3cccc(Cl)c3)nc2n(C)c1=O. The molecule has 2 aromatic heterocycles. The van der Waals surface area contributed by atoms with Crippen molar-refractivity contribution in [3.8, 4) is 0 Å². The van der Waals surface area contributed by atoms with E-state index in [-0.39, 0.29) is 0 Å². The van der Waals surface area contributed by atoms with Crippen LogP contribution < -0.4 is 11.2 Å². The van der Waals surface area contributed by atoms with Crippen molar-refractivity contribution in [2.24, 2.45) is 14.1 Å². The van der Waals surface area contributed by atoms with Gasteiger partial charge in [-0.15, -0.1) is 0 Å². The van der Waals surface area contributed by atoms with Gasteiger partial charge in [0.1, 0.15) is 11.3 Å².